The van der Waals surface area contributed by atoms with Crippen LogP contribution in [-0.2, 0) is 0 Å². The van der Waals surface area contributed by atoms with Crippen LogP contribution >= 0.6 is 11.3 Å². The number of carbonyl (C=O) groups is 1. The van der Waals surface area contributed by atoms with Gasteiger partial charge >= 0.3 is 11.5 Å². The Labute approximate surface area is 186 Å². The number of rotatable bonds is 7. The third-order valence-corrected chi connectivity index (χ3v) is 5.40. The number of aromatic amines is 1. The molecule has 0 saturated carbocycles. The van der Waals surface area contributed by atoms with Crippen LogP contribution in [0.2, 0.25) is 0 Å². The number of para-hydroxylation sites is 1. The summed E-state index contributed by atoms with van der Waals surface area (Å²) in [6.45, 7) is 4.11. The second-order valence-corrected chi connectivity index (χ2v) is 7.56. The summed E-state index contributed by atoms with van der Waals surface area (Å²) in [4.78, 5) is 28.5. The van der Waals surface area contributed by atoms with Gasteiger partial charge in [-0.05, 0) is 38.1 Å². The van der Waals surface area contributed by atoms with Gasteiger partial charge in [-0.1, -0.05) is 24.3 Å². The normalized spacial score (nSPS) is 11.2. The number of carboxylic acid groups (broad SMARTS) is 1. The van der Waals surface area contributed by atoms with Crippen LogP contribution < -0.4 is 10.3 Å². The highest BCUT2D eigenvalue weighted by Crippen LogP contribution is 2.29. The third kappa shape index (κ3) is 4.21. The summed E-state index contributed by atoms with van der Waals surface area (Å²) in [6.07, 6.45) is 0. The Morgan fingerprint density at radius 3 is 2.66 bits per heavy atom. The highest BCUT2D eigenvalue weighted by atomic mass is 32.1. The molecule has 0 aliphatic rings. The fourth-order valence-corrected chi connectivity index (χ4v) is 3.79. The number of benzene rings is 2. The molecule has 162 valence electrons. The monoisotopic (exact) mass is 449 g/mol. The van der Waals surface area contributed by atoms with Gasteiger partial charge in [-0.15, -0.1) is 21.6 Å². The van der Waals surface area contributed by atoms with Gasteiger partial charge in [0.2, 0.25) is 5.13 Å². The predicted octanol–water partition coefficient (Wildman–Crippen LogP) is 5.11. The molecular formula is C22H19N5O4S. The maximum atomic E-state index is 12.9. The SMILES string of the molecule is CCOc1ccccc1N=Nc1c(C)[nH]n(-c2nc(-c3ccc(C(=O)O)cc3)cs2)c1=O. The van der Waals surface area contributed by atoms with Crippen molar-refractivity contribution in [1.82, 2.24) is 14.8 Å². The lowest BCUT2D eigenvalue weighted by Gasteiger charge is -2.04. The lowest BCUT2D eigenvalue weighted by atomic mass is 10.1. The topological polar surface area (TPSA) is 122 Å². The van der Waals surface area contributed by atoms with Gasteiger partial charge in [-0.2, -0.15) is 4.68 Å². The van der Waals surface area contributed by atoms with Crippen LogP contribution in [0.5, 0.6) is 5.75 Å². The van der Waals surface area contributed by atoms with Crippen molar-refractivity contribution in [2.75, 3.05) is 6.61 Å². The van der Waals surface area contributed by atoms with E-state index in [1.54, 1.807) is 36.6 Å². The minimum absolute atomic E-state index is 0.180. The summed E-state index contributed by atoms with van der Waals surface area (Å²) >= 11 is 1.28. The van der Waals surface area contributed by atoms with Crippen LogP contribution in [0.1, 0.15) is 23.0 Å². The number of aromatic nitrogens is 3. The molecule has 0 amide bonds. The Hall–Kier alpha value is -4.05. The highest BCUT2D eigenvalue weighted by molar-refractivity contribution is 7.12. The number of nitrogens with one attached hydrogen (secondary N) is 1. The summed E-state index contributed by atoms with van der Waals surface area (Å²) < 4.78 is 6.86. The van der Waals surface area contributed by atoms with E-state index in [1.807, 2.05) is 19.1 Å². The van der Waals surface area contributed by atoms with E-state index in [1.165, 1.54) is 28.2 Å². The van der Waals surface area contributed by atoms with Crippen LogP contribution in [0, 0.1) is 6.92 Å². The summed E-state index contributed by atoms with van der Waals surface area (Å²) in [6, 6.07) is 13.6. The average molecular weight is 449 g/mol. The molecule has 2 heterocycles. The van der Waals surface area contributed by atoms with Crippen molar-refractivity contribution >= 4 is 28.7 Å². The number of carboxylic acids is 1. The molecule has 0 aliphatic heterocycles. The molecule has 9 nitrogen and oxygen atoms in total. The van der Waals surface area contributed by atoms with E-state index in [0.29, 0.717) is 34.6 Å². The number of H-pyrrole nitrogens is 1. The van der Waals surface area contributed by atoms with Crippen molar-refractivity contribution in [1.29, 1.82) is 0 Å². The fraction of sp³-hybridized carbons (Fsp3) is 0.136. The highest BCUT2D eigenvalue weighted by Gasteiger charge is 2.16. The van der Waals surface area contributed by atoms with E-state index in [4.69, 9.17) is 9.84 Å². The molecule has 0 spiro atoms. The van der Waals surface area contributed by atoms with Gasteiger partial charge < -0.3 is 9.84 Å². The zero-order valence-corrected chi connectivity index (χ0v) is 18.1. The largest absolute Gasteiger partial charge is 0.492 e. The average Bonchev–Trinajstić information content (AvgIpc) is 3.38. The van der Waals surface area contributed by atoms with Gasteiger partial charge in [0.05, 0.1) is 23.6 Å². The Bertz CT molecular complexity index is 1350. The van der Waals surface area contributed by atoms with Gasteiger partial charge in [-0.25, -0.2) is 9.78 Å². The van der Waals surface area contributed by atoms with Gasteiger partial charge in [0.15, 0.2) is 5.69 Å². The number of nitrogens with zero attached hydrogens (tertiary/aromatic N) is 4. The number of aromatic carboxylic acids is 1. The van der Waals surface area contributed by atoms with Crippen molar-refractivity contribution < 1.29 is 14.6 Å². The standard InChI is InChI=1S/C22H19N5O4S/c1-3-31-18-7-5-4-6-16(18)24-25-19-13(2)26-27(20(19)28)22-23-17(12-32-22)14-8-10-15(11-9-14)21(29)30/h4-12,26H,3H2,1-2H3,(H,29,30). The van der Waals surface area contributed by atoms with Gasteiger partial charge in [0.1, 0.15) is 11.4 Å². The molecule has 2 N–H and O–H groups in total. The van der Waals surface area contributed by atoms with E-state index >= 15 is 0 Å². The van der Waals surface area contributed by atoms with Gasteiger partial charge in [-0.3, -0.25) is 9.89 Å². The second-order valence-electron chi connectivity index (χ2n) is 6.72. The van der Waals surface area contributed by atoms with Crippen LogP contribution in [0.3, 0.4) is 0 Å². The van der Waals surface area contributed by atoms with Crippen molar-refractivity contribution in [3.8, 4) is 22.1 Å². The molecule has 0 unspecified atom stereocenters. The third-order valence-electron chi connectivity index (χ3n) is 4.57. The number of hydrogen-bond acceptors (Lipinski definition) is 7. The number of azo groups is 1. The molecule has 0 aliphatic carbocycles. The molecule has 0 bridgehead atoms. The van der Waals surface area contributed by atoms with Gasteiger partial charge in [0.25, 0.3) is 0 Å². The van der Waals surface area contributed by atoms with E-state index in [0.717, 1.165) is 5.56 Å². The van der Waals surface area contributed by atoms with Crippen molar-refractivity contribution in [3.63, 3.8) is 0 Å². The first-order valence-corrected chi connectivity index (χ1v) is 10.6. The summed E-state index contributed by atoms with van der Waals surface area (Å²) in [5, 5.41) is 22.6. The van der Waals surface area contributed by atoms with Crippen molar-refractivity contribution in [2.45, 2.75) is 13.8 Å². The molecule has 4 aromatic rings. The Balaban J connectivity index is 1.63. The summed E-state index contributed by atoms with van der Waals surface area (Å²) in [5.74, 6) is -0.403. The molecule has 0 radical (unpaired) electrons. The van der Waals surface area contributed by atoms with E-state index < -0.39 is 5.97 Å². The Morgan fingerprint density at radius 2 is 1.94 bits per heavy atom. The zero-order valence-electron chi connectivity index (χ0n) is 17.3. The number of hydrogen-bond donors (Lipinski definition) is 2. The first-order valence-electron chi connectivity index (χ1n) is 9.72. The fourth-order valence-electron chi connectivity index (χ4n) is 2.99. The molecule has 0 atom stereocenters. The number of ether oxygens (including phenoxy) is 1. The molecule has 4 rings (SSSR count). The van der Waals surface area contributed by atoms with E-state index in [9.17, 15) is 9.59 Å². The van der Waals surface area contributed by atoms with Crippen molar-refractivity contribution in [2.24, 2.45) is 10.2 Å². The first kappa shape index (κ1) is 21.2. The Kier molecular flexibility index (Phi) is 5.95. The lowest BCUT2D eigenvalue weighted by molar-refractivity contribution is 0.0697. The molecule has 2 aromatic heterocycles. The van der Waals surface area contributed by atoms with Crippen molar-refractivity contribution in [3.05, 3.63) is 75.5 Å². The molecule has 2 aromatic carbocycles. The summed E-state index contributed by atoms with van der Waals surface area (Å²) in [7, 11) is 0. The number of aryl methyl sites for hydroxylation is 1. The maximum absolute atomic E-state index is 12.9. The molecule has 0 fully saturated rings. The molecule has 32 heavy (non-hydrogen) atoms. The van der Waals surface area contributed by atoms with Crippen LogP contribution in [0.4, 0.5) is 11.4 Å². The smallest absolute Gasteiger partial charge is 0.335 e. The quantitative estimate of drug-likeness (QED) is 0.380. The summed E-state index contributed by atoms with van der Waals surface area (Å²) in [5.41, 5.74) is 2.47. The minimum atomic E-state index is -0.991. The zero-order chi connectivity index (χ0) is 22.7. The van der Waals surface area contributed by atoms with Gasteiger partial charge in [0, 0.05) is 10.9 Å². The van der Waals surface area contributed by atoms with E-state index in [2.05, 4.69) is 20.3 Å². The number of thiazole rings is 1. The van der Waals surface area contributed by atoms with E-state index in [-0.39, 0.29) is 16.8 Å². The lowest BCUT2D eigenvalue weighted by Crippen LogP contribution is -2.13. The molecule has 10 heteroatoms. The molecular weight excluding hydrogens is 430 g/mol. The van der Waals surface area contributed by atoms with Crippen LogP contribution in [0.25, 0.3) is 16.4 Å². The minimum Gasteiger partial charge on any atom is -0.492 e. The molecule has 0 saturated heterocycles. The first-order chi connectivity index (χ1) is 15.5. The van der Waals surface area contributed by atoms with Crippen LogP contribution in [-0.4, -0.2) is 32.4 Å². The Morgan fingerprint density at radius 1 is 1.19 bits per heavy atom. The predicted molar refractivity (Wildman–Crippen MR) is 121 cm³/mol. The second kappa shape index (κ2) is 8.98. The maximum Gasteiger partial charge on any atom is 0.335 e. The van der Waals surface area contributed by atoms with Crippen LogP contribution in [0.15, 0.2) is 68.9 Å².